The van der Waals surface area contributed by atoms with Crippen LogP contribution in [0.25, 0.3) is 0 Å². The predicted molar refractivity (Wildman–Crippen MR) is 133 cm³/mol. The quantitative estimate of drug-likeness (QED) is 0.442. The summed E-state index contributed by atoms with van der Waals surface area (Å²) in [7, 11) is -3.47. The molecular weight excluding hydrogens is 416 g/mol. The zero-order chi connectivity index (χ0) is 23.5. The molecular formula is C28H48O3S. The van der Waals surface area contributed by atoms with Gasteiger partial charge in [-0.15, -0.1) is 0 Å². The molecule has 0 heterocycles. The molecule has 184 valence electrons. The summed E-state index contributed by atoms with van der Waals surface area (Å²) in [5, 5.41) is 10.9. The highest BCUT2D eigenvalue weighted by atomic mass is 32.2. The number of hydrogen-bond donors (Lipinski definition) is 1. The van der Waals surface area contributed by atoms with E-state index in [1.54, 1.807) is 0 Å². The molecule has 0 bridgehead atoms. The SMILES string of the molecule is CC(C)CCC[C@@H](C)[C@H]1CC[C@H]2[C@@H]3CC=C4C[C@](O)(S(C)(=O)=O)CC[C@]4(C)[C@H]3CC[C@]12C. The molecule has 1 N–H and O–H groups in total. The van der Waals surface area contributed by atoms with Crippen molar-refractivity contribution in [2.75, 3.05) is 6.26 Å². The van der Waals surface area contributed by atoms with Crippen LogP contribution in [0.2, 0.25) is 0 Å². The van der Waals surface area contributed by atoms with Gasteiger partial charge in [-0.05, 0) is 91.3 Å². The predicted octanol–water partition coefficient (Wildman–Crippen LogP) is 6.76. The van der Waals surface area contributed by atoms with Gasteiger partial charge in [-0.2, -0.15) is 0 Å². The maximum atomic E-state index is 12.3. The largest absolute Gasteiger partial charge is 0.374 e. The van der Waals surface area contributed by atoms with Gasteiger partial charge in [-0.3, -0.25) is 0 Å². The molecule has 0 unspecified atom stereocenters. The fraction of sp³-hybridized carbons (Fsp3) is 0.929. The van der Waals surface area contributed by atoms with E-state index in [-0.39, 0.29) is 5.41 Å². The van der Waals surface area contributed by atoms with Gasteiger partial charge in [0.05, 0.1) is 0 Å². The fourth-order valence-electron chi connectivity index (χ4n) is 8.96. The lowest BCUT2D eigenvalue weighted by molar-refractivity contribution is -0.0611. The molecule has 3 nitrogen and oxygen atoms in total. The monoisotopic (exact) mass is 464 g/mol. The van der Waals surface area contributed by atoms with E-state index in [1.165, 1.54) is 56.8 Å². The number of hydrogen-bond acceptors (Lipinski definition) is 3. The first-order valence-electron chi connectivity index (χ1n) is 13.4. The molecule has 8 atom stereocenters. The lowest BCUT2D eigenvalue weighted by atomic mass is 9.47. The van der Waals surface area contributed by atoms with Gasteiger partial charge in [0.15, 0.2) is 14.8 Å². The van der Waals surface area contributed by atoms with Gasteiger partial charge in [0, 0.05) is 12.7 Å². The van der Waals surface area contributed by atoms with E-state index in [0.29, 0.717) is 24.2 Å². The first-order chi connectivity index (χ1) is 14.8. The number of rotatable bonds is 6. The zero-order valence-corrected chi connectivity index (χ0v) is 22.3. The highest BCUT2D eigenvalue weighted by molar-refractivity contribution is 7.91. The topological polar surface area (TPSA) is 54.4 Å². The fourth-order valence-corrected chi connectivity index (χ4v) is 9.85. The maximum absolute atomic E-state index is 12.3. The third-order valence-corrected chi connectivity index (χ3v) is 12.7. The highest BCUT2D eigenvalue weighted by Gasteiger charge is 2.60. The van der Waals surface area contributed by atoms with Crippen LogP contribution < -0.4 is 0 Å². The van der Waals surface area contributed by atoms with Crippen molar-refractivity contribution in [3.63, 3.8) is 0 Å². The summed E-state index contributed by atoms with van der Waals surface area (Å²) in [6.07, 6.45) is 15.7. The number of fused-ring (bicyclic) bond motifs is 5. The van der Waals surface area contributed by atoms with Crippen LogP contribution in [0.5, 0.6) is 0 Å². The van der Waals surface area contributed by atoms with Crippen molar-refractivity contribution in [2.24, 2.45) is 46.3 Å². The van der Waals surface area contributed by atoms with Crippen molar-refractivity contribution >= 4 is 9.84 Å². The third kappa shape index (κ3) is 3.93. The van der Waals surface area contributed by atoms with Crippen LogP contribution in [0, 0.1) is 46.3 Å². The third-order valence-electron chi connectivity index (χ3n) is 11.0. The first-order valence-corrected chi connectivity index (χ1v) is 15.3. The van der Waals surface area contributed by atoms with Crippen LogP contribution in [0.15, 0.2) is 11.6 Å². The Morgan fingerprint density at radius 3 is 2.41 bits per heavy atom. The van der Waals surface area contributed by atoms with E-state index < -0.39 is 14.8 Å². The van der Waals surface area contributed by atoms with Gasteiger partial charge in [-0.25, -0.2) is 8.42 Å². The molecule has 0 aromatic rings. The second kappa shape index (κ2) is 8.40. The van der Waals surface area contributed by atoms with E-state index in [9.17, 15) is 13.5 Å². The number of allylic oxidation sites excluding steroid dienone is 1. The minimum Gasteiger partial charge on any atom is -0.374 e. The second-order valence-corrected chi connectivity index (χ2v) is 15.5. The van der Waals surface area contributed by atoms with Gasteiger partial charge in [0.2, 0.25) is 0 Å². The number of aliphatic hydroxyl groups is 1. The Morgan fingerprint density at radius 1 is 1.03 bits per heavy atom. The Bertz CT molecular complexity index is 845. The standard InChI is InChI=1S/C28H48O3S/c1-19(2)8-7-9-20(3)23-12-13-24-22-11-10-21-18-28(29,32(6,30)31)17-16-26(21,4)25(22)14-15-27(23,24)5/h10,19-20,22-25,29H,7-9,11-18H2,1-6H3/t20-,22+,23-,24+,25+,26+,27-,28-/m1/s1. The summed E-state index contributed by atoms with van der Waals surface area (Å²) in [5.74, 6) is 4.69. The molecule has 0 saturated heterocycles. The van der Waals surface area contributed by atoms with Crippen molar-refractivity contribution < 1.29 is 13.5 Å². The molecule has 32 heavy (non-hydrogen) atoms. The molecule has 4 heteroatoms. The van der Waals surface area contributed by atoms with Gasteiger partial charge >= 0.3 is 0 Å². The average Bonchev–Trinajstić information content (AvgIpc) is 3.04. The first kappa shape index (κ1) is 24.8. The summed E-state index contributed by atoms with van der Waals surface area (Å²) in [6.45, 7) is 12.2. The average molecular weight is 465 g/mol. The summed E-state index contributed by atoms with van der Waals surface area (Å²) in [4.78, 5) is -1.56. The van der Waals surface area contributed by atoms with Crippen LogP contribution in [0.1, 0.15) is 105 Å². The maximum Gasteiger partial charge on any atom is 0.177 e. The Labute approximate surface area is 197 Å². The van der Waals surface area contributed by atoms with Gasteiger partial charge in [-0.1, -0.05) is 65.5 Å². The Hall–Kier alpha value is -0.350. The van der Waals surface area contributed by atoms with E-state index in [0.717, 1.165) is 42.4 Å². The summed E-state index contributed by atoms with van der Waals surface area (Å²) in [6, 6.07) is 0. The summed E-state index contributed by atoms with van der Waals surface area (Å²) < 4.78 is 24.6. The van der Waals surface area contributed by atoms with Crippen LogP contribution in [-0.2, 0) is 9.84 Å². The molecule has 0 aromatic carbocycles. The lowest BCUT2D eigenvalue weighted by Crippen LogP contribution is -2.53. The van der Waals surface area contributed by atoms with Crippen molar-refractivity contribution in [1.82, 2.24) is 0 Å². The Morgan fingerprint density at radius 2 is 1.75 bits per heavy atom. The van der Waals surface area contributed by atoms with E-state index in [4.69, 9.17) is 0 Å². The van der Waals surface area contributed by atoms with Gasteiger partial charge < -0.3 is 5.11 Å². The molecule has 0 spiro atoms. The molecule has 4 rings (SSSR count). The Balaban J connectivity index is 1.52. The van der Waals surface area contributed by atoms with E-state index in [2.05, 4.69) is 40.7 Å². The molecule has 0 amide bonds. The molecule has 4 aliphatic carbocycles. The van der Waals surface area contributed by atoms with Crippen LogP contribution in [-0.4, -0.2) is 24.7 Å². The minimum absolute atomic E-state index is 0.0716. The highest BCUT2D eigenvalue weighted by Crippen LogP contribution is 2.68. The van der Waals surface area contributed by atoms with Crippen molar-refractivity contribution in [3.05, 3.63) is 11.6 Å². The van der Waals surface area contributed by atoms with E-state index in [1.807, 2.05) is 0 Å². The van der Waals surface area contributed by atoms with Crippen LogP contribution in [0.4, 0.5) is 0 Å². The van der Waals surface area contributed by atoms with Crippen LogP contribution in [0.3, 0.4) is 0 Å². The van der Waals surface area contributed by atoms with Gasteiger partial charge in [0.25, 0.3) is 0 Å². The molecule has 3 saturated carbocycles. The number of sulfone groups is 1. The molecule has 4 aliphatic rings. The Kier molecular flexibility index (Phi) is 6.50. The van der Waals surface area contributed by atoms with Crippen molar-refractivity contribution in [2.45, 2.75) is 110 Å². The molecule has 3 fully saturated rings. The van der Waals surface area contributed by atoms with Crippen molar-refractivity contribution in [1.29, 1.82) is 0 Å². The normalized spacial score (nSPS) is 45.1. The summed E-state index contributed by atoms with van der Waals surface area (Å²) in [5.41, 5.74) is 1.78. The molecule has 0 aromatic heterocycles. The van der Waals surface area contributed by atoms with E-state index >= 15 is 0 Å². The minimum atomic E-state index is -3.47. The molecule has 0 radical (unpaired) electrons. The van der Waals surface area contributed by atoms with Gasteiger partial charge in [0.1, 0.15) is 0 Å². The van der Waals surface area contributed by atoms with Crippen molar-refractivity contribution in [3.8, 4) is 0 Å². The lowest BCUT2D eigenvalue weighted by Gasteiger charge is -2.59. The smallest absolute Gasteiger partial charge is 0.177 e. The molecule has 0 aliphatic heterocycles. The zero-order valence-electron chi connectivity index (χ0n) is 21.5. The van der Waals surface area contributed by atoms with Crippen LogP contribution >= 0.6 is 0 Å². The summed E-state index contributed by atoms with van der Waals surface area (Å²) >= 11 is 0. The second-order valence-electron chi connectivity index (χ2n) is 13.2.